The zero-order valence-electron chi connectivity index (χ0n) is 28.2. The minimum atomic E-state index is -0.459. The predicted octanol–water partition coefficient (Wildman–Crippen LogP) is 13.3. The maximum absolute atomic E-state index is 6.43. The first-order valence-electron chi connectivity index (χ1n) is 17.8. The lowest BCUT2D eigenvalue weighted by atomic mass is 9.68. The van der Waals surface area contributed by atoms with Crippen molar-refractivity contribution in [2.45, 2.75) is 5.41 Å². The van der Waals surface area contributed by atoms with Crippen LogP contribution in [0.4, 0.5) is 17.1 Å². The van der Waals surface area contributed by atoms with Crippen LogP contribution >= 0.6 is 0 Å². The molecule has 0 atom stereocenters. The molecular formula is C49H31NO2. The summed E-state index contributed by atoms with van der Waals surface area (Å²) in [5.74, 6) is 0. The summed E-state index contributed by atoms with van der Waals surface area (Å²) in [5.41, 5.74) is 13.7. The van der Waals surface area contributed by atoms with Gasteiger partial charge >= 0.3 is 0 Å². The molecule has 10 aromatic rings. The zero-order valence-corrected chi connectivity index (χ0v) is 28.2. The summed E-state index contributed by atoms with van der Waals surface area (Å²) in [5, 5.41) is 4.41. The summed E-state index contributed by atoms with van der Waals surface area (Å²) in [6.07, 6.45) is 0. The van der Waals surface area contributed by atoms with E-state index in [0.29, 0.717) is 0 Å². The van der Waals surface area contributed by atoms with Gasteiger partial charge in [0.05, 0.1) is 5.41 Å². The average Bonchev–Trinajstić information content (AvgIpc) is 3.86. The largest absolute Gasteiger partial charge is 0.456 e. The molecule has 0 aliphatic heterocycles. The lowest BCUT2D eigenvalue weighted by Gasteiger charge is -2.34. The first-order chi connectivity index (χ1) is 25.8. The highest BCUT2D eigenvalue weighted by Crippen LogP contribution is 2.57. The second-order valence-electron chi connectivity index (χ2n) is 13.7. The quantitative estimate of drug-likeness (QED) is 0.183. The monoisotopic (exact) mass is 665 g/mol. The van der Waals surface area contributed by atoms with Crippen molar-refractivity contribution in [1.29, 1.82) is 0 Å². The van der Waals surface area contributed by atoms with Crippen molar-refractivity contribution in [1.82, 2.24) is 0 Å². The lowest BCUT2D eigenvalue weighted by Crippen LogP contribution is -2.28. The molecular weight excluding hydrogens is 635 g/mol. The molecule has 3 nitrogen and oxygen atoms in total. The van der Waals surface area contributed by atoms with Crippen LogP contribution in [0.25, 0.3) is 55.0 Å². The SMILES string of the molecule is c1ccc(C2(c3ccccc3)c3ccccc3-c3cc(N(c4ccc5c(c4)oc4ccccc45)c4ccc5oc6ccccc6c5c4)ccc32)cc1. The number of para-hydroxylation sites is 2. The van der Waals surface area contributed by atoms with Crippen molar-refractivity contribution in [2.75, 3.05) is 4.90 Å². The van der Waals surface area contributed by atoms with Gasteiger partial charge in [-0.3, -0.25) is 0 Å². The van der Waals surface area contributed by atoms with Gasteiger partial charge < -0.3 is 13.7 Å². The van der Waals surface area contributed by atoms with E-state index in [9.17, 15) is 0 Å². The summed E-state index contributed by atoms with van der Waals surface area (Å²) >= 11 is 0. The van der Waals surface area contributed by atoms with Crippen molar-refractivity contribution < 1.29 is 8.83 Å². The van der Waals surface area contributed by atoms with E-state index in [4.69, 9.17) is 8.83 Å². The molecule has 2 aromatic heterocycles. The third-order valence-electron chi connectivity index (χ3n) is 10.9. The van der Waals surface area contributed by atoms with Gasteiger partial charge in [0.15, 0.2) is 0 Å². The fourth-order valence-corrected chi connectivity index (χ4v) is 8.73. The maximum atomic E-state index is 6.43. The minimum Gasteiger partial charge on any atom is -0.456 e. The molecule has 0 spiro atoms. The number of benzene rings is 8. The van der Waals surface area contributed by atoms with Crippen LogP contribution < -0.4 is 4.90 Å². The summed E-state index contributed by atoms with van der Waals surface area (Å²) in [4.78, 5) is 2.35. The van der Waals surface area contributed by atoms with Gasteiger partial charge in [0.25, 0.3) is 0 Å². The topological polar surface area (TPSA) is 29.5 Å². The highest BCUT2D eigenvalue weighted by atomic mass is 16.3. The van der Waals surface area contributed by atoms with E-state index in [1.807, 2.05) is 24.3 Å². The fraction of sp³-hybridized carbons (Fsp3) is 0.0204. The second-order valence-corrected chi connectivity index (χ2v) is 13.7. The number of fused-ring (bicyclic) bond motifs is 9. The van der Waals surface area contributed by atoms with Gasteiger partial charge in [0.2, 0.25) is 0 Å². The average molecular weight is 666 g/mol. The van der Waals surface area contributed by atoms with Crippen LogP contribution in [0.15, 0.2) is 197 Å². The summed E-state index contributed by atoms with van der Waals surface area (Å²) in [7, 11) is 0. The normalized spacial score (nSPS) is 13.2. The Balaban J connectivity index is 1.18. The molecule has 0 saturated carbocycles. The summed E-state index contributed by atoms with van der Waals surface area (Å²) in [6.45, 7) is 0. The molecule has 52 heavy (non-hydrogen) atoms. The second kappa shape index (κ2) is 11.1. The molecule has 0 N–H and O–H groups in total. The number of nitrogens with zero attached hydrogens (tertiary/aromatic N) is 1. The van der Waals surface area contributed by atoms with Crippen LogP contribution in [0.1, 0.15) is 22.3 Å². The van der Waals surface area contributed by atoms with E-state index in [1.165, 1.54) is 33.4 Å². The van der Waals surface area contributed by atoms with Crippen LogP contribution in [-0.2, 0) is 5.41 Å². The number of hydrogen-bond donors (Lipinski definition) is 0. The Hall–Kier alpha value is -6.84. The summed E-state index contributed by atoms with van der Waals surface area (Å²) in [6, 6.07) is 67.4. The molecule has 1 aliphatic carbocycles. The van der Waals surface area contributed by atoms with Gasteiger partial charge in [-0.05, 0) is 88.0 Å². The molecule has 11 rings (SSSR count). The Bertz CT molecular complexity index is 2930. The summed E-state index contributed by atoms with van der Waals surface area (Å²) < 4.78 is 12.7. The molecule has 0 saturated heterocycles. The smallest absolute Gasteiger partial charge is 0.137 e. The van der Waals surface area contributed by atoms with Crippen molar-refractivity contribution in [3.63, 3.8) is 0 Å². The van der Waals surface area contributed by atoms with Crippen LogP contribution in [0.3, 0.4) is 0 Å². The molecule has 3 heteroatoms. The number of anilines is 3. The lowest BCUT2D eigenvalue weighted by molar-refractivity contribution is 0.668. The van der Waals surface area contributed by atoms with E-state index in [0.717, 1.165) is 60.9 Å². The molecule has 0 unspecified atom stereocenters. The maximum Gasteiger partial charge on any atom is 0.137 e. The molecule has 0 bridgehead atoms. The molecule has 0 amide bonds. The Kier molecular flexibility index (Phi) is 6.17. The van der Waals surface area contributed by atoms with E-state index >= 15 is 0 Å². The minimum absolute atomic E-state index is 0.459. The van der Waals surface area contributed by atoms with E-state index < -0.39 is 5.41 Å². The van der Waals surface area contributed by atoms with Gasteiger partial charge in [-0.15, -0.1) is 0 Å². The van der Waals surface area contributed by atoms with E-state index in [-0.39, 0.29) is 0 Å². The Labute approximate surface area is 300 Å². The molecule has 0 radical (unpaired) electrons. The Morgan fingerprint density at radius 3 is 1.58 bits per heavy atom. The predicted molar refractivity (Wildman–Crippen MR) is 213 cm³/mol. The number of furan rings is 2. The number of rotatable bonds is 5. The van der Waals surface area contributed by atoms with Crippen LogP contribution in [-0.4, -0.2) is 0 Å². The van der Waals surface area contributed by atoms with Gasteiger partial charge in [0.1, 0.15) is 22.3 Å². The van der Waals surface area contributed by atoms with Gasteiger partial charge in [0, 0.05) is 44.7 Å². The van der Waals surface area contributed by atoms with Crippen LogP contribution in [0.2, 0.25) is 0 Å². The molecule has 244 valence electrons. The molecule has 8 aromatic carbocycles. The van der Waals surface area contributed by atoms with Crippen LogP contribution in [0, 0.1) is 0 Å². The fourth-order valence-electron chi connectivity index (χ4n) is 8.73. The Morgan fingerprint density at radius 2 is 0.827 bits per heavy atom. The third kappa shape index (κ3) is 4.08. The van der Waals surface area contributed by atoms with Crippen molar-refractivity contribution >= 4 is 60.9 Å². The van der Waals surface area contributed by atoms with Crippen molar-refractivity contribution in [2.24, 2.45) is 0 Å². The first kappa shape index (κ1) is 28.9. The van der Waals surface area contributed by atoms with Crippen LogP contribution in [0.5, 0.6) is 0 Å². The standard InChI is InChI=1S/C49H31NO2/c1-3-13-32(14-4-1)49(33-15-5-2-6-16-33)43-20-10-7-17-37(43)41-29-34(24-27-44(41)49)50(35-25-28-47-42(30-35)39-19-9-12-22-46(39)51-47)36-23-26-40-38-18-8-11-21-45(38)52-48(40)31-36/h1-31H. The van der Waals surface area contributed by atoms with Gasteiger partial charge in [-0.25, -0.2) is 0 Å². The van der Waals surface area contributed by atoms with Crippen molar-refractivity contribution in [3.05, 3.63) is 210 Å². The first-order valence-corrected chi connectivity index (χ1v) is 17.8. The third-order valence-corrected chi connectivity index (χ3v) is 10.9. The molecule has 1 aliphatic rings. The highest BCUT2D eigenvalue weighted by Gasteiger charge is 2.46. The van der Waals surface area contributed by atoms with Crippen molar-refractivity contribution in [3.8, 4) is 11.1 Å². The number of hydrogen-bond acceptors (Lipinski definition) is 3. The molecule has 0 fully saturated rings. The molecule has 2 heterocycles. The van der Waals surface area contributed by atoms with E-state index in [2.05, 4.69) is 169 Å². The highest BCUT2D eigenvalue weighted by molar-refractivity contribution is 6.08. The zero-order chi connectivity index (χ0) is 34.2. The van der Waals surface area contributed by atoms with Gasteiger partial charge in [-0.1, -0.05) is 127 Å². The van der Waals surface area contributed by atoms with Gasteiger partial charge in [-0.2, -0.15) is 0 Å². The van der Waals surface area contributed by atoms with E-state index in [1.54, 1.807) is 0 Å². The Morgan fingerprint density at radius 1 is 0.327 bits per heavy atom.